The Morgan fingerprint density at radius 3 is 2.53 bits per heavy atom. The Morgan fingerprint density at radius 1 is 1.12 bits per heavy atom. The molecule has 2 aromatic rings. The summed E-state index contributed by atoms with van der Waals surface area (Å²) in [6, 6.07) is 7.66. The largest absolute Gasteiger partial charge is 0.387 e. The molecular formula is C25H32ClN5O3. The van der Waals surface area contributed by atoms with Crippen LogP contribution in [0.25, 0.3) is 0 Å². The van der Waals surface area contributed by atoms with E-state index in [1.165, 1.54) is 0 Å². The zero-order valence-corrected chi connectivity index (χ0v) is 20.3. The fourth-order valence-electron chi connectivity index (χ4n) is 5.38. The molecule has 0 radical (unpaired) electrons. The lowest BCUT2D eigenvalue weighted by Gasteiger charge is -2.39. The van der Waals surface area contributed by atoms with E-state index in [1.807, 2.05) is 29.2 Å². The van der Waals surface area contributed by atoms with Gasteiger partial charge in [0.25, 0.3) is 0 Å². The number of amides is 1. The van der Waals surface area contributed by atoms with Crippen molar-refractivity contribution < 1.29 is 14.6 Å². The summed E-state index contributed by atoms with van der Waals surface area (Å²) in [6.45, 7) is 8.59. The fraction of sp³-hybridized carbons (Fsp3) is 0.560. The average Bonchev–Trinajstić information content (AvgIpc) is 3.17. The molecule has 182 valence electrons. The minimum absolute atomic E-state index is 0.158. The van der Waals surface area contributed by atoms with Gasteiger partial charge in [0, 0.05) is 56.4 Å². The number of halogens is 1. The predicted molar refractivity (Wildman–Crippen MR) is 130 cm³/mol. The van der Waals surface area contributed by atoms with E-state index in [0.29, 0.717) is 57.4 Å². The van der Waals surface area contributed by atoms with E-state index in [4.69, 9.17) is 16.3 Å². The molecule has 1 N–H and O–H groups in total. The van der Waals surface area contributed by atoms with Crippen LogP contribution in [0.4, 0.5) is 5.82 Å². The first kappa shape index (κ1) is 23.5. The maximum absolute atomic E-state index is 13.7. The van der Waals surface area contributed by atoms with Crippen LogP contribution in [0.1, 0.15) is 48.1 Å². The highest BCUT2D eigenvalue weighted by Gasteiger charge is 2.35. The number of ether oxygens (including phenoxy) is 1. The fourth-order valence-corrected chi connectivity index (χ4v) is 5.50. The van der Waals surface area contributed by atoms with Gasteiger partial charge in [-0.2, -0.15) is 0 Å². The van der Waals surface area contributed by atoms with Gasteiger partial charge in [-0.25, -0.2) is 9.97 Å². The quantitative estimate of drug-likeness (QED) is 0.696. The number of rotatable bonds is 5. The molecule has 1 aromatic carbocycles. The maximum atomic E-state index is 13.7. The molecule has 1 amide bonds. The second-order valence-electron chi connectivity index (χ2n) is 9.48. The summed E-state index contributed by atoms with van der Waals surface area (Å²) in [5, 5.41) is 11.0. The Balaban J connectivity index is 1.30. The second kappa shape index (κ2) is 10.2. The Bertz CT molecular complexity index is 1010. The van der Waals surface area contributed by atoms with Crippen molar-refractivity contribution in [3.8, 4) is 0 Å². The van der Waals surface area contributed by atoms with Gasteiger partial charge in [-0.1, -0.05) is 30.7 Å². The number of nitrogens with zero attached hydrogens (tertiary/aromatic N) is 5. The van der Waals surface area contributed by atoms with Crippen LogP contribution in [0.3, 0.4) is 0 Å². The molecule has 9 heteroatoms. The number of fused-ring (bicyclic) bond motifs is 1. The van der Waals surface area contributed by atoms with Crippen LogP contribution in [0.2, 0.25) is 5.02 Å². The lowest BCUT2D eigenvalue weighted by Crippen LogP contribution is -2.52. The predicted octanol–water partition coefficient (Wildman–Crippen LogP) is 2.44. The van der Waals surface area contributed by atoms with Gasteiger partial charge in [0.05, 0.1) is 30.9 Å². The molecule has 1 aliphatic carbocycles. The van der Waals surface area contributed by atoms with E-state index in [9.17, 15) is 9.90 Å². The Hall–Kier alpha value is -2.26. The summed E-state index contributed by atoms with van der Waals surface area (Å²) in [5.74, 6) is 1.05. The van der Waals surface area contributed by atoms with Crippen molar-refractivity contribution in [2.24, 2.45) is 0 Å². The number of carbonyl (C=O) groups is 1. The molecule has 3 heterocycles. The first-order valence-electron chi connectivity index (χ1n) is 12.1. The van der Waals surface area contributed by atoms with E-state index >= 15 is 0 Å². The number of anilines is 1. The van der Waals surface area contributed by atoms with Crippen LogP contribution in [-0.4, -0.2) is 89.8 Å². The van der Waals surface area contributed by atoms with Crippen molar-refractivity contribution in [2.45, 2.75) is 31.3 Å². The molecule has 2 saturated heterocycles. The Labute approximate surface area is 205 Å². The van der Waals surface area contributed by atoms with Crippen LogP contribution < -0.4 is 4.90 Å². The molecule has 2 aliphatic heterocycles. The van der Waals surface area contributed by atoms with E-state index in [2.05, 4.69) is 26.7 Å². The molecule has 2 fully saturated rings. The first-order valence-corrected chi connectivity index (χ1v) is 12.5. The number of hydrogen-bond acceptors (Lipinski definition) is 7. The van der Waals surface area contributed by atoms with E-state index < -0.39 is 6.10 Å². The van der Waals surface area contributed by atoms with E-state index in [0.717, 1.165) is 35.7 Å². The second-order valence-corrected chi connectivity index (χ2v) is 9.91. The number of benzene rings is 1. The number of carbonyl (C=O) groups excluding carboxylic acids is 1. The third kappa shape index (κ3) is 4.77. The highest BCUT2D eigenvalue weighted by molar-refractivity contribution is 6.30. The van der Waals surface area contributed by atoms with Gasteiger partial charge >= 0.3 is 0 Å². The summed E-state index contributed by atoms with van der Waals surface area (Å²) in [4.78, 5) is 29.2. The average molecular weight is 486 g/mol. The molecule has 5 rings (SSSR count). The summed E-state index contributed by atoms with van der Waals surface area (Å²) < 4.78 is 5.49. The zero-order chi connectivity index (χ0) is 23.7. The SMILES string of the molecule is C[C@@H]1C[C@@H](O)c2ncnc(N3CCN(C(=O)C(CN4CCOCC4)c4ccc(Cl)cc4)CC3)c21. The molecule has 8 nitrogen and oxygen atoms in total. The number of aliphatic hydroxyl groups excluding tert-OH is 1. The van der Waals surface area contributed by atoms with Crippen LogP contribution in [0.5, 0.6) is 0 Å². The molecule has 1 unspecified atom stereocenters. The smallest absolute Gasteiger partial charge is 0.231 e. The summed E-state index contributed by atoms with van der Waals surface area (Å²) >= 11 is 6.12. The minimum atomic E-state index is -0.519. The standard InChI is InChI=1S/C25H32ClN5O3/c1-17-14-21(32)23-22(17)24(28-16-27-23)30-6-8-31(9-7-30)25(33)20(15-29-10-12-34-13-11-29)18-2-4-19(26)5-3-18/h2-5,16-17,20-21,32H,6-15H2,1H3/t17-,20?,21-/m1/s1. The van der Waals surface area contributed by atoms with Crippen molar-refractivity contribution in [2.75, 3.05) is 63.9 Å². The molecule has 0 spiro atoms. The summed E-state index contributed by atoms with van der Waals surface area (Å²) in [6.07, 6.45) is 1.71. The lowest BCUT2D eigenvalue weighted by atomic mass is 9.96. The molecule has 0 bridgehead atoms. The third-order valence-electron chi connectivity index (χ3n) is 7.28. The van der Waals surface area contributed by atoms with Crippen molar-refractivity contribution >= 4 is 23.3 Å². The van der Waals surface area contributed by atoms with Crippen LogP contribution in [0, 0.1) is 0 Å². The van der Waals surface area contributed by atoms with Gasteiger partial charge in [0.1, 0.15) is 12.1 Å². The molecule has 3 atom stereocenters. The van der Waals surface area contributed by atoms with Crippen molar-refractivity contribution in [3.05, 3.63) is 52.4 Å². The molecule has 3 aliphatic rings. The van der Waals surface area contributed by atoms with Crippen LogP contribution in [0.15, 0.2) is 30.6 Å². The molecule has 1 aromatic heterocycles. The van der Waals surface area contributed by atoms with Crippen LogP contribution >= 0.6 is 11.6 Å². The first-order chi connectivity index (χ1) is 16.5. The molecule has 0 saturated carbocycles. The highest BCUT2D eigenvalue weighted by Crippen LogP contribution is 2.42. The normalized spacial score (nSPS) is 24.2. The van der Waals surface area contributed by atoms with E-state index in [1.54, 1.807) is 6.33 Å². The highest BCUT2D eigenvalue weighted by atomic mass is 35.5. The van der Waals surface area contributed by atoms with Gasteiger partial charge in [-0.15, -0.1) is 0 Å². The number of aromatic nitrogens is 2. The topological polar surface area (TPSA) is 82.0 Å². The van der Waals surface area contributed by atoms with Crippen molar-refractivity contribution in [1.82, 2.24) is 19.8 Å². The number of piperazine rings is 1. The molecular weight excluding hydrogens is 454 g/mol. The number of hydrogen-bond donors (Lipinski definition) is 1. The maximum Gasteiger partial charge on any atom is 0.231 e. The van der Waals surface area contributed by atoms with Gasteiger partial charge in [-0.3, -0.25) is 9.69 Å². The Morgan fingerprint density at radius 2 is 1.82 bits per heavy atom. The zero-order valence-electron chi connectivity index (χ0n) is 19.6. The monoisotopic (exact) mass is 485 g/mol. The van der Waals surface area contributed by atoms with Crippen molar-refractivity contribution in [1.29, 1.82) is 0 Å². The third-order valence-corrected chi connectivity index (χ3v) is 7.54. The van der Waals surface area contributed by atoms with Gasteiger partial charge in [0.2, 0.25) is 5.91 Å². The number of aliphatic hydroxyl groups is 1. The molecule has 34 heavy (non-hydrogen) atoms. The minimum Gasteiger partial charge on any atom is -0.387 e. The number of morpholine rings is 1. The lowest BCUT2D eigenvalue weighted by molar-refractivity contribution is -0.134. The summed E-state index contributed by atoms with van der Waals surface area (Å²) in [5.41, 5.74) is 2.81. The Kier molecular flexibility index (Phi) is 7.01. The van der Waals surface area contributed by atoms with Crippen molar-refractivity contribution in [3.63, 3.8) is 0 Å². The van der Waals surface area contributed by atoms with Gasteiger partial charge in [-0.05, 0) is 30.0 Å². The van der Waals surface area contributed by atoms with Crippen LogP contribution in [-0.2, 0) is 9.53 Å². The summed E-state index contributed by atoms with van der Waals surface area (Å²) in [7, 11) is 0. The van der Waals surface area contributed by atoms with Gasteiger partial charge < -0.3 is 19.6 Å². The van der Waals surface area contributed by atoms with E-state index in [-0.39, 0.29) is 17.7 Å². The van der Waals surface area contributed by atoms with Gasteiger partial charge in [0.15, 0.2) is 0 Å².